The highest BCUT2D eigenvalue weighted by Crippen LogP contribution is 1.87. The minimum atomic E-state index is -0.557. The van der Waals surface area contributed by atoms with Gasteiger partial charge in [0.25, 0.3) is 0 Å². The Labute approximate surface area is 83.8 Å². The van der Waals surface area contributed by atoms with Crippen LogP contribution >= 0.6 is 0 Å². The topological polar surface area (TPSA) is 87.5 Å². The van der Waals surface area contributed by atoms with E-state index in [0.717, 1.165) is 0 Å². The van der Waals surface area contributed by atoms with Gasteiger partial charge in [-0.1, -0.05) is 0 Å². The fraction of sp³-hybridized carbons (Fsp3) is 0.750. The molecule has 14 heavy (non-hydrogen) atoms. The Hall–Kier alpha value is -1.30. The van der Waals surface area contributed by atoms with Crippen LogP contribution in [0.5, 0.6) is 0 Å². The van der Waals surface area contributed by atoms with E-state index in [1.54, 1.807) is 21.0 Å². The number of nitrogens with zero attached hydrogens (tertiary/aromatic N) is 1. The lowest BCUT2D eigenvalue weighted by molar-refractivity contribution is -0.130. The number of primary amides is 1. The predicted molar refractivity (Wildman–Crippen MR) is 53.7 cm³/mol. The molecule has 0 saturated carbocycles. The summed E-state index contributed by atoms with van der Waals surface area (Å²) in [5.41, 5.74) is 4.86. The van der Waals surface area contributed by atoms with Gasteiger partial charge in [0.05, 0.1) is 6.04 Å². The van der Waals surface area contributed by atoms with Crippen molar-refractivity contribution in [3.63, 3.8) is 0 Å². The number of nitrogens with one attached hydrogen (secondary N) is 2. The quantitative estimate of drug-likeness (QED) is 0.485. The molecule has 0 rings (SSSR count). The van der Waals surface area contributed by atoms with Crippen molar-refractivity contribution in [3.05, 3.63) is 0 Å². The fourth-order valence-electron chi connectivity index (χ4n) is 0.949. The van der Waals surface area contributed by atoms with E-state index in [1.165, 1.54) is 4.90 Å². The molecule has 0 aromatic rings. The van der Waals surface area contributed by atoms with Crippen molar-refractivity contribution < 1.29 is 9.59 Å². The molecule has 0 heterocycles. The number of carbonyl (C=O) groups excluding carboxylic acids is 2. The molecule has 0 aromatic carbocycles. The lowest BCUT2D eigenvalue weighted by atomic mass is 10.3. The molecule has 0 aromatic heterocycles. The molecule has 0 aliphatic rings. The average Bonchev–Trinajstić information content (AvgIpc) is 2.10. The lowest BCUT2D eigenvalue weighted by Gasteiger charge is -2.17. The summed E-state index contributed by atoms with van der Waals surface area (Å²) in [5, 5.41) is 5.38. The molecule has 3 amide bonds. The van der Waals surface area contributed by atoms with E-state index in [4.69, 9.17) is 5.73 Å². The number of hydrogen-bond acceptors (Lipinski definition) is 3. The smallest absolute Gasteiger partial charge is 0.312 e. The minimum Gasteiger partial charge on any atom is -0.352 e. The van der Waals surface area contributed by atoms with Crippen molar-refractivity contribution in [2.75, 3.05) is 27.2 Å². The second-order valence-corrected chi connectivity index (χ2v) is 3.20. The number of amides is 3. The molecule has 0 aliphatic carbocycles. The zero-order valence-electron chi connectivity index (χ0n) is 8.83. The van der Waals surface area contributed by atoms with Crippen molar-refractivity contribution in [1.29, 1.82) is 0 Å². The maximum absolute atomic E-state index is 11.3. The van der Waals surface area contributed by atoms with Crippen LogP contribution in [0.1, 0.15) is 6.92 Å². The molecule has 0 saturated heterocycles. The molecule has 4 N–H and O–H groups in total. The van der Waals surface area contributed by atoms with Crippen LogP contribution < -0.4 is 16.4 Å². The zero-order chi connectivity index (χ0) is 11.1. The van der Waals surface area contributed by atoms with E-state index in [9.17, 15) is 9.59 Å². The Kier molecular flexibility index (Phi) is 5.62. The number of hydrogen-bond donors (Lipinski definition) is 3. The third kappa shape index (κ3) is 5.36. The second kappa shape index (κ2) is 6.20. The van der Waals surface area contributed by atoms with E-state index < -0.39 is 6.03 Å². The Balaban J connectivity index is 3.59. The van der Waals surface area contributed by atoms with Crippen molar-refractivity contribution in [1.82, 2.24) is 15.5 Å². The molecule has 0 spiro atoms. The molecule has 6 nitrogen and oxygen atoms in total. The van der Waals surface area contributed by atoms with Gasteiger partial charge >= 0.3 is 6.03 Å². The Morgan fingerprint density at radius 3 is 2.36 bits per heavy atom. The molecule has 0 fully saturated rings. The summed E-state index contributed by atoms with van der Waals surface area (Å²) in [6.45, 7) is 2.71. The molecule has 1 unspecified atom stereocenters. The fourth-order valence-corrected chi connectivity index (χ4v) is 0.949. The molecule has 0 bridgehead atoms. The first-order valence-corrected chi connectivity index (χ1v) is 4.43. The largest absolute Gasteiger partial charge is 0.352 e. The first-order chi connectivity index (χ1) is 6.45. The van der Waals surface area contributed by atoms with Gasteiger partial charge in [0.2, 0.25) is 5.91 Å². The third-order valence-electron chi connectivity index (χ3n) is 1.69. The molecule has 82 valence electrons. The number of carbonyl (C=O) groups is 2. The Morgan fingerprint density at radius 2 is 1.93 bits per heavy atom. The molecule has 1 atom stereocenters. The highest BCUT2D eigenvalue weighted by molar-refractivity contribution is 5.80. The van der Waals surface area contributed by atoms with Crippen molar-refractivity contribution >= 4 is 11.9 Å². The van der Waals surface area contributed by atoms with E-state index in [-0.39, 0.29) is 11.9 Å². The molecule has 0 radical (unpaired) electrons. The van der Waals surface area contributed by atoms with Gasteiger partial charge in [-0.05, 0) is 6.92 Å². The second-order valence-electron chi connectivity index (χ2n) is 3.20. The normalized spacial score (nSPS) is 11.9. The monoisotopic (exact) mass is 202 g/mol. The molecule has 0 aliphatic heterocycles. The highest BCUT2D eigenvalue weighted by Gasteiger charge is 2.12. The van der Waals surface area contributed by atoms with Crippen LogP contribution in [-0.4, -0.2) is 50.1 Å². The van der Waals surface area contributed by atoms with Gasteiger partial charge in [0, 0.05) is 27.2 Å². The highest BCUT2D eigenvalue weighted by atomic mass is 16.2. The standard InChI is InChI=1S/C8H18N4O2/c1-6(7(13)12(2)3)10-4-5-11-8(9)14/h6,10H,4-5H2,1-3H3,(H3,9,11,14). The van der Waals surface area contributed by atoms with Gasteiger partial charge in [-0.3, -0.25) is 4.79 Å². The van der Waals surface area contributed by atoms with Gasteiger partial charge < -0.3 is 21.3 Å². The molecular formula is C8H18N4O2. The van der Waals surface area contributed by atoms with E-state index in [1.807, 2.05) is 0 Å². The maximum Gasteiger partial charge on any atom is 0.312 e. The predicted octanol–water partition coefficient (Wildman–Crippen LogP) is -1.28. The Morgan fingerprint density at radius 1 is 1.36 bits per heavy atom. The van der Waals surface area contributed by atoms with Crippen LogP contribution in [0.4, 0.5) is 4.79 Å². The van der Waals surface area contributed by atoms with Gasteiger partial charge in [-0.25, -0.2) is 4.79 Å². The first-order valence-electron chi connectivity index (χ1n) is 4.43. The van der Waals surface area contributed by atoms with E-state index >= 15 is 0 Å². The number of nitrogens with two attached hydrogens (primary N) is 1. The summed E-state index contributed by atoms with van der Waals surface area (Å²) in [7, 11) is 3.39. The van der Waals surface area contributed by atoms with Crippen LogP contribution in [0.15, 0.2) is 0 Å². The number of rotatable bonds is 5. The maximum atomic E-state index is 11.3. The lowest BCUT2D eigenvalue weighted by Crippen LogP contribution is -2.44. The van der Waals surface area contributed by atoms with Crippen molar-refractivity contribution in [3.8, 4) is 0 Å². The number of urea groups is 1. The Bertz CT molecular complexity index is 206. The summed E-state index contributed by atoms with van der Waals surface area (Å²) in [4.78, 5) is 23.1. The van der Waals surface area contributed by atoms with E-state index in [0.29, 0.717) is 13.1 Å². The van der Waals surface area contributed by atoms with Crippen LogP contribution in [0, 0.1) is 0 Å². The molecule has 6 heteroatoms. The van der Waals surface area contributed by atoms with Gasteiger partial charge in [-0.15, -0.1) is 0 Å². The van der Waals surface area contributed by atoms with Gasteiger partial charge in [0.1, 0.15) is 0 Å². The average molecular weight is 202 g/mol. The van der Waals surface area contributed by atoms with Crippen LogP contribution in [-0.2, 0) is 4.79 Å². The van der Waals surface area contributed by atoms with Crippen LogP contribution in [0.25, 0.3) is 0 Å². The van der Waals surface area contributed by atoms with Crippen LogP contribution in [0.3, 0.4) is 0 Å². The minimum absolute atomic E-state index is 0.00377. The summed E-state index contributed by atoms with van der Waals surface area (Å²) in [6, 6.07) is -0.807. The number of likely N-dealkylation sites (N-methyl/N-ethyl adjacent to an activating group) is 1. The summed E-state index contributed by atoms with van der Waals surface area (Å²) in [6.07, 6.45) is 0. The summed E-state index contributed by atoms with van der Waals surface area (Å²) < 4.78 is 0. The van der Waals surface area contributed by atoms with Crippen molar-refractivity contribution in [2.24, 2.45) is 5.73 Å². The summed E-state index contributed by atoms with van der Waals surface area (Å²) in [5.74, 6) is 0.00377. The van der Waals surface area contributed by atoms with Crippen LogP contribution in [0.2, 0.25) is 0 Å². The zero-order valence-corrected chi connectivity index (χ0v) is 8.83. The third-order valence-corrected chi connectivity index (χ3v) is 1.69. The van der Waals surface area contributed by atoms with Gasteiger partial charge in [0.15, 0.2) is 0 Å². The molecular weight excluding hydrogens is 184 g/mol. The SMILES string of the molecule is CC(NCCNC(N)=O)C(=O)N(C)C. The first kappa shape index (κ1) is 12.7. The van der Waals surface area contributed by atoms with Crippen molar-refractivity contribution in [2.45, 2.75) is 13.0 Å². The van der Waals surface area contributed by atoms with E-state index in [2.05, 4.69) is 10.6 Å². The summed E-state index contributed by atoms with van der Waals surface area (Å²) >= 11 is 0. The van der Waals surface area contributed by atoms with Gasteiger partial charge in [-0.2, -0.15) is 0 Å².